The van der Waals surface area contributed by atoms with Crippen LogP contribution in [0.15, 0.2) is 18.2 Å². The number of carbonyl (C=O) groups excluding carboxylic acids is 1. The fourth-order valence-corrected chi connectivity index (χ4v) is 2.16. The lowest BCUT2D eigenvalue weighted by Crippen LogP contribution is -2.34. The Bertz CT molecular complexity index is 444. The number of amides is 1. The van der Waals surface area contributed by atoms with Crippen LogP contribution in [0, 0.1) is 12.3 Å². The Morgan fingerprint density at radius 2 is 2.11 bits per heavy atom. The number of nitrogens with one attached hydrogen (secondary N) is 1. The average Bonchev–Trinajstić information content (AvgIpc) is 2.34. The van der Waals surface area contributed by atoms with Crippen molar-refractivity contribution in [3.63, 3.8) is 0 Å². The Kier molecular flexibility index (Phi) is 5.85. The van der Waals surface area contributed by atoms with E-state index in [0.29, 0.717) is 12.1 Å². The monoisotopic (exact) mass is 327 g/mol. The van der Waals surface area contributed by atoms with E-state index >= 15 is 0 Å². The molecule has 2 N–H and O–H groups in total. The van der Waals surface area contributed by atoms with Gasteiger partial charge in [0.15, 0.2) is 0 Å². The Labute approximate surface area is 123 Å². The summed E-state index contributed by atoms with van der Waals surface area (Å²) in [6.07, 6.45) is 2.12. The maximum atomic E-state index is 12.0. The van der Waals surface area contributed by atoms with Gasteiger partial charge in [-0.2, -0.15) is 0 Å². The number of benzene rings is 1. The second-order valence-electron chi connectivity index (χ2n) is 5.66. The molecule has 1 aromatic carbocycles. The molecule has 0 heterocycles. The standard InChI is InChI=1S/C15H22BrNO2/c1-11-5-6-12(13(18)9-11)14(19)17-10-15(2,3)7-4-8-16/h5-6,9,18H,4,7-8,10H2,1-3H3,(H,17,19). The predicted octanol–water partition coefficient (Wildman–Crippen LogP) is 3.63. The third-order valence-electron chi connectivity index (χ3n) is 3.11. The van der Waals surface area contributed by atoms with Crippen molar-refractivity contribution in [1.29, 1.82) is 0 Å². The van der Waals surface area contributed by atoms with Gasteiger partial charge < -0.3 is 10.4 Å². The van der Waals surface area contributed by atoms with Crippen molar-refractivity contribution >= 4 is 21.8 Å². The summed E-state index contributed by atoms with van der Waals surface area (Å²) in [7, 11) is 0. The second kappa shape index (κ2) is 6.94. The highest BCUT2D eigenvalue weighted by Gasteiger charge is 2.19. The minimum absolute atomic E-state index is 0.0377. The summed E-state index contributed by atoms with van der Waals surface area (Å²) < 4.78 is 0. The lowest BCUT2D eigenvalue weighted by Gasteiger charge is -2.24. The first-order valence-corrected chi connectivity index (χ1v) is 7.62. The molecule has 0 aromatic heterocycles. The van der Waals surface area contributed by atoms with E-state index in [0.717, 1.165) is 23.7 Å². The van der Waals surface area contributed by atoms with Crippen LogP contribution in [0.3, 0.4) is 0 Å². The molecular weight excluding hydrogens is 306 g/mol. The first-order valence-electron chi connectivity index (χ1n) is 6.49. The second-order valence-corrected chi connectivity index (χ2v) is 6.45. The van der Waals surface area contributed by atoms with E-state index in [-0.39, 0.29) is 17.1 Å². The third-order valence-corrected chi connectivity index (χ3v) is 3.67. The highest BCUT2D eigenvalue weighted by Crippen LogP contribution is 2.23. The summed E-state index contributed by atoms with van der Waals surface area (Å²) in [6, 6.07) is 5.08. The smallest absolute Gasteiger partial charge is 0.255 e. The first kappa shape index (κ1) is 16.0. The van der Waals surface area contributed by atoms with E-state index in [9.17, 15) is 9.90 Å². The van der Waals surface area contributed by atoms with Crippen LogP contribution in [0.1, 0.15) is 42.6 Å². The molecule has 1 rings (SSSR count). The lowest BCUT2D eigenvalue weighted by molar-refractivity contribution is 0.0932. The van der Waals surface area contributed by atoms with E-state index in [1.54, 1.807) is 12.1 Å². The number of hydrogen-bond donors (Lipinski definition) is 2. The van der Waals surface area contributed by atoms with Crippen molar-refractivity contribution in [2.75, 3.05) is 11.9 Å². The zero-order chi connectivity index (χ0) is 14.5. The minimum atomic E-state index is -0.218. The van der Waals surface area contributed by atoms with E-state index < -0.39 is 0 Å². The van der Waals surface area contributed by atoms with Gasteiger partial charge in [0, 0.05) is 11.9 Å². The number of aryl methyl sites for hydroxylation is 1. The van der Waals surface area contributed by atoms with Crippen molar-refractivity contribution in [1.82, 2.24) is 5.32 Å². The minimum Gasteiger partial charge on any atom is -0.507 e. The molecule has 106 valence electrons. The molecule has 4 heteroatoms. The number of rotatable bonds is 6. The van der Waals surface area contributed by atoms with Gasteiger partial charge in [-0.1, -0.05) is 35.8 Å². The highest BCUT2D eigenvalue weighted by molar-refractivity contribution is 9.09. The van der Waals surface area contributed by atoms with Crippen LogP contribution in [0.5, 0.6) is 5.75 Å². The maximum Gasteiger partial charge on any atom is 0.255 e. The third kappa shape index (κ3) is 5.23. The maximum absolute atomic E-state index is 12.0. The number of hydrogen-bond acceptors (Lipinski definition) is 2. The number of carbonyl (C=O) groups is 1. The largest absolute Gasteiger partial charge is 0.507 e. The fraction of sp³-hybridized carbons (Fsp3) is 0.533. The van der Waals surface area contributed by atoms with Crippen LogP contribution in [0.2, 0.25) is 0 Å². The van der Waals surface area contributed by atoms with Gasteiger partial charge in [-0.15, -0.1) is 0 Å². The normalized spacial score (nSPS) is 11.4. The van der Waals surface area contributed by atoms with Gasteiger partial charge in [-0.05, 0) is 42.9 Å². The van der Waals surface area contributed by atoms with Crippen molar-refractivity contribution in [2.24, 2.45) is 5.41 Å². The molecule has 3 nitrogen and oxygen atoms in total. The Morgan fingerprint density at radius 3 is 2.68 bits per heavy atom. The highest BCUT2D eigenvalue weighted by atomic mass is 79.9. The van der Waals surface area contributed by atoms with Gasteiger partial charge in [-0.25, -0.2) is 0 Å². The van der Waals surface area contributed by atoms with Crippen LogP contribution in [-0.4, -0.2) is 22.9 Å². The number of phenolic OH excluding ortho intramolecular Hbond substituents is 1. The summed E-state index contributed by atoms with van der Waals surface area (Å²) in [6.45, 7) is 6.74. The molecular formula is C15H22BrNO2. The van der Waals surface area contributed by atoms with Gasteiger partial charge >= 0.3 is 0 Å². The lowest BCUT2D eigenvalue weighted by atomic mass is 9.88. The van der Waals surface area contributed by atoms with Crippen molar-refractivity contribution < 1.29 is 9.90 Å². The van der Waals surface area contributed by atoms with E-state index in [1.165, 1.54) is 0 Å². The van der Waals surface area contributed by atoms with Crippen LogP contribution < -0.4 is 5.32 Å². The molecule has 0 unspecified atom stereocenters. The Morgan fingerprint density at radius 1 is 1.42 bits per heavy atom. The SMILES string of the molecule is Cc1ccc(C(=O)NCC(C)(C)CCCBr)c(O)c1. The molecule has 0 bridgehead atoms. The number of aromatic hydroxyl groups is 1. The van der Waals surface area contributed by atoms with Gasteiger partial charge in [0.2, 0.25) is 0 Å². The zero-order valence-corrected chi connectivity index (χ0v) is 13.4. The summed E-state index contributed by atoms with van der Waals surface area (Å²) in [5, 5.41) is 13.6. The van der Waals surface area contributed by atoms with Crippen LogP contribution in [0.4, 0.5) is 0 Å². The molecule has 0 fully saturated rings. The predicted molar refractivity (Wildman–Crippen MR) is 82.0 cm³/mol. The van der Waals surface area contributed by atoms with Crippen molar-refractivity contribution in [2.45, 2.75) is 33.6 Å². The number of phenols is 1. The topological polar surface area (TPSA) is 49.3 Å². The summed E-state index contributed by atoms with van der Waals surface area (Å²) in [5.74, 6) is -0.180. The quantitative estimate of drug-likeness (QED) is 0.784. The van der Waals surface area contributed by atoms with Crippen LogP contribution >= 0.6 is 15.9 Å². The van der Waals surface area contributed by atoms with Gasteiger partial charge in [-0.3, -0.25) is 4.79 Å². The molecule has 0 saturated heterocycles. The van der Waals surface area contributed by atoms with Crippen LogP contribution in [0.25, 0.3) is 0 Å². The number of alkyl halides is 1. The molecule has 1 aromatic rings. The molecule has 1 amide bonds. The van der Waals surface area contributed by atoms with Gasteiger partial charge in [0.25, 0.3) is 5.91 Å². The Hall–Kier alpha value is -1.03. The molecule has 0 saturated carbocycles. The summed E-state index contributed by atoms with van der Waals surface area (Å²) >= 11 is 3.41. The van der Waals surface area contributed by atoms with Gasteiger partial charge in [0.05, 0.1) is 5.56 Å². The molecule has 0 radical (unpaired) electrons. The zero-order valence-electron chi connectivity index (χ0n) is 11.8. The van der Waals surface area contributed by atoms with Crippen LogP contribution in [-0.2, 0) is 0 Å². The fourth-order valence-electron chi connectivity index (χ4n) is 1.88. The van der Waals surface area contributed by atoms with Crippen molar-refractivity contribution in [3.8, 4) is 5.75 Å². The van der Waals surface area contributed by atoms with E-state index in [1.807, 2.05) is 13.0 Å². The molecule has 0 aliphatic carbocycles. The molecule has 0 atom stereocenters. The molecule has 0 aliphatic rings. The molecule has 19 heavy (non-hydrogen) atoms. The van der Waals surface area contributed by atoms with E-state index in [4.69, 9.17) is 0 Å². The average molecular weight is 328 g/mol. The van der Waals surface area contributed by atoms with Gasteiger partial charge in [0.1, 0.15) is 5.75 Å². The first-order chi connectivity index (χ1) is 8.85. The Balaban J connectivity index is 2.60. The van der Waals surface area contributed by atoms with E-state index in [2.05, 4.69) is 35.1 Å². The molecule has 0 aliphatic heterocycles. The summed E-state index contributed by atoms with van der Waals surface area (Å²) in [5.41, 5.74) is 1.33. The number of halogens is 1. The molecule has 0 spiro atoms. The van der Waals surface area contributed by atoms with Crippen molar-refractivity contribution in [3.05, 3.63) is 29.3 Å². The summed E-state index contributed by atoms with van der Waals surface area (Å²) in [4.78, 5) is 12.0.